The van der Waals surface area contributed by atoms with Crippen molar-refractivity contribution >= 4 is 33.5 Å². The normalized spacial score (nSPS) is 13.8. The third kappa shape index (κ3) is 2.84. The summed E-state index contributed by atoms with van der Waals surface area (Å²) in [7, 11) is 1.20. The number of carbonyl (C=O) groups is 1. The fourth-order valence-corrected chi connectivity index (χ4v) is 2.63. The number of aromatic nitrogens is 3. The van der Waals surface area contributed by atoms with Crippen LogP contribution in [0.4, 0.5) is 0 Å². The summed E-state index contributed by atoms with van der Waals surface area (Å²) >= 11 is 9.38. The van der Waals surface area contributed by atoms with Gasteiger partial charge in [-0.05, 0) is 12.1 Å². The third-order valence-electron chi connectivity index (χ3n) is 2.76. The summed E-state index contributed by atoms with van der Waals surface area (Å²) in [4.78, 5) is 15.8. The van der Waals surface area contributed by atoms with Crippen LogP contribution in [0.1, 0.15) is 5.56 Å². The summed E-state index contributed by atoms with van der Waals surface area (Å²) in [5.74, 6) is -0.822. The SMILES string of the molecule is COC(=O)[C@](O)(Cn1cncn1)c1ccc(Br)cc1Cl. The molecule has 0 aliphatic rings. The monoisotopic (exact) mass is 359 g/mol. The van der Waals surface area contributed by atoms with Crippen LogP contribution in [0.5, 0.6) is 0 Å². The summed E-state index contributed by atoms with van der Waals surface area (Å²) in [5, 5.41) is 14.9. The maximum Gasteiger partial charge on any atom is 0.344 e. The van der Waals surface area contributed by atoms with Crippen molar-refractivity contribution in [2.45, 2.75) is 12.1 Å². The van der Waals surface area contributed by atoms with E-state index in [1.165, 1.54) is 24.4 Å². The molecule has 0 radical (unpaired) electrons. The molecule has 1 N–H and O–H groups in total. The van der Waals surface area contributed by atoms with E-state index in [2.05, 4.69) is 30.7 Å². The number of aliphatic hydroxyl groups is 1. The van der Waals surface area contributed by atoms with Crippen LogP contribution in [-0.2, 0) is 21.7 Å². The van der Waals surface area contributed by atoms with Gasteiger partial charge >= 0.3 is 5.97 Å². The van der Waals surface area contributed by atoms with E-state index in [-0.39, 0.29) is 17.1 Å². The summed E-state index contributed by atoms with van der Waals surface area (Å²) in [5.41, 5.74) is -1.70. The fraction of sp³-hybridized carbons (Fsp3) is 0.250. The molecule has 2 rings (SSSR count). The molecule has 0 aliphatic carbocycles. The largest absolute Gasteiger partial charge is 0.467 e. The highest BCUT2D eigenvalue weighted by Gasteiger charge is 2.41. The lowest BCUT2D eigenvalue weighted by molar-refractivity contribution is -0.165. The Hall–Kier alpha value is -1.44. The van der Waals surface area contributed by atoms with E-state index in [0.29, 0.717) is 0 Å². The van der Waals surface area contributed by atoms with Gasteiger partial charge in [0.25, 0.3) is 0 Å². The molecule has 1 aromatic carbocycles. The Labute approximate surface area is 128 Å². The van der Waals surface area contributed by atoms with Gasteiger partial charge in [-0.3, -0.25) is 0 Å². The summed E-state index contributed by atoms with van der Waals surface area (Å²) in [6.45, 7) is -0.152. The molecule has 0 aliphatic heterocycles. The van der Waals surface area contributed by atoms with E-state index in [1.54, 1.807) is 18.2 Å². The van der Waals surface area contributed by atoms with Crippen LogP contribution in [0.2, 0.25) is 5.02 Å². The van der Waals surface area contributed by atoms with Gasteiger partial charge in [0.05, 0.1) is 13.7 Å². The van der Waals surface area contributed by atoms with Gasteiger partial charge in [0.1, 0.15) is 12.7 Å². The van der Waals surface area contributed by atoms with Crippen molar-refractivity contribution in [2.75, 3.05) is 7.11 Å². The summed E-state index contributed by atoms with van der Waals surface area (Å²) < 4.78 is 6.75. The molecule has 8 heteroatoms. The Morgan fingerprint density at radius 3 is 2.90 bits per heavy atom. The minimum absolute atomic E-state index is 0.152. The van der Waals surface area contributed by atoms with Crippen molar-refractivity contribution in [3.63, 3.8) is 0 Å². The molecule has 0 spiro atoms. The molecule has 1 aromatic heterocycles. The molecule has 0 saturated carbocycles. The predicted molar refractivity (Wildman–Crippen MR) is 75.1 cm³/mol. The van der Waals surface area contributed by atoms with Gasteiger partial charge < -0.3 is 9.84 Å². The molecular formula is C12H11BrClN3O3. The van der Waals surface area contributed by atoms with Crippen LogP contribution in [0.15, 0.2) is 35.3 Å². The highest BCUT2D eigenvalue weighted by atomic mass is 79.9. The summed E-state index contributed by atoms with van der Waals surface area (Å²) in [6, 6.07) is 4.82. The molecule has 1 heterocycles. The lowest BCUT2D eigenvalue weighted by Crippen LogP contribution is -2.41. The van der Waals surface area contributed by atoms with Crippen molar-refractivity contribution in [3.8, 4) is 0 Å². The first-order valence-electron chi connectivity index (χ1n) is 5.56. The van der Waals surface area contributed by atoms with E-state index in [1.807, 2.05) is 0 Å². The minimum Gasteiger partial charge on any atom is -0.467 e. The highest BCUT2D eigenvalue weighted by Crippen LogP contribution is 2.32. The molecule has 2 aromatic rings. The number of methoxy groups -OCH3 is 1. The van der Waals surface area contributed by atoms with Gasteiger partial charge in [-0.2, -0.15) is 5.10 Å². The third-order valence-corrected chi connectivity index (χ3v) is 3.56. The zero-order chi connectivity index (χ0) is 14.8. The zero-order valence-electron chi connectivity index (χ0n) is 10.5. The van der Waals surface area contributed by atoms with Crippen LogP contribution in [0.3, 0.4) is 0 Å². The van der Waals surface area contributed by atoms with Crippen LogP contribution >= 0.6 is 27.5 Å². The highest BCUT2D eigenvalue weighted by molar-refractivity contribution is 9.10. The maximum absolute atomic E-state index is 12.0. The molecule has 0 fully saturated rings. The van der Waals surface area contributed by atoms with Crippen LogP contribution in [0, 0.1) is 0 Å². The Bertz CT molecular complexity index is 620. The predicted octanol–water partition coefficient (Wildman–Crippen LogP) is 1.75. The molecule has 0 saturated heterocycles. The lowest BCUT2D eigenvalue weighted by Gasteiger charge is -2.26. The second-order valence-corrected chi connectivity index (χ2v) is 5.39. The van der Waals surface area contributed by atoms with E-state index in [0.717, 1.165) is 4.47 Å². The van der Waals surface area contributed by atoms with Crippen molar-refractivity contribution in [3.05, 3.63) is 45.9 Å². The number of benzene rings is 1. The number of nitrogens with zero attached hydrogens (tertiary/aromatic N) is 3. The number of rotatable bonds is 4. The first kappa shape index (κ1) is 15.0. The van der Waals surface area contributed by atoms with Crippen molar-refractivity contribution < 1.29 is 14.6 Å². The quantitative estimate of drug-likeness (QED) is 0.841. The fourth-order valence-electron chi connectivity index (χ4n) is 1.80. The van der Waals surface area contributed by atoms with Crippen molar-refractivity contribution in [1.29, 1.82) is 0 Å². The van der Waals surface area contributed by atoms with Crippen LogP contribution in [0.25, 0.3) is 0 Å². The standard InChI is InChI=1S/C12H11BrClN3O3/c1-20-11(18)12(19,5-17-7-15-6-16-17)9-3-2-8(13)4-10(9)14/h2-4,6-7,19H,5H2,1H3/t12-/m0/s1. The van der Waals surface area contributed by atoms with Gasteiger partial charge in [0.15, 0.2) is 0 Å². The van der Waals surface area contributed by atoms with Crippen molar-refractivity contribution in [2.24, 2.45) is 0 Å². The second kappa shape index (κ2) is 5.90. The smallest absolute Gasteiger partial charge is 0.344 e. The van der Waals surface area contributed by atoms with Crippen LogP contribution < -0.4 is 0 Å². The maximum atomic E-state index is 12.0. The second-order valence-electron chi connectivity index (χ2n) is 4.07. The molecule has 0 bridgehead atoms. The van der Waals surface area contributed by atoms with Gasteiger partial charge in [-0.1, -0.05) is 33.6 Å². The molecule has 0 amide bonds. The molecule has 0 unspecified atom stereocenters. The number of hydrogen-bond donors (Lipinski definition) is 1. The van der Waals surface area contributed by atoms with Gasteiger partial charge in [-0.15, -0.1) is 0 Å². The molecular weight excluding hydrogens is 350 g/mol. The van der Waals surface area contributed by atoms with Gasteiger partial charge in [0.2, 0.25) is 5.60 Å². The van der Waals surface area contributed by atoms with E-state index >= 15 is 0 Å². The average Bonchev–Trinajstić information content (AvgIpc) is 2.90. The van der Waals surface area contributed by atoms with E-state index in [9.17, 15) is 9.90 Å². The number of halogens is 2. The Morgan fingerprint density at radius 1 is 1.60 bits per heavy atom. The first-order chi connectivity index (χ1) is 9.47. The molecule has 106 valence electrons. The average molecular weight is 361 g/mol. The minimum atomic E-state index is -1.94. The van der Waals surface area contributed by atoms with Crippen LogP contribution in [-0.4, -0.2) is 33.0 Å². The molecule has 6 nitrogen and oxygen atoms in total. The molecule has 1 atom stereocenters. The van der Waals surface area contributed by atoms with Crippen molar-refractivity contribution in [1.82, 2.24) is 14.8 Å². The molecule has 20 heavy (non-hydrogen) atoms. The lowest BCUT2D eigenvalue weighted by atomic mass is 9.93. The Kier molecular flexibility index (Phi) is 4.42. The Balaban J connectivity index is 2.48. The number of hydrogen-bond acceptors (Lipinski definition) is 5. The summed E-state index contributed by atoms with van der Waals surface area (Å²) in [6.07, 6.45) is 2.70. The van der Waals surface area contributed by atoms with Gasteiger partial charge in [-0.25, -0.2) is 14.5 Å². The number of carbonyl (C=O) groups excluding carboxylic acids is 1. The number of esters is 1. The van der Waals surface area contributed by atoms with E-state index in [4.69, 9.17) is 11.6 Å². The van der Waals surface area contributed by atoms with E-state index < -0.39 is 11.6 Å². The number of ether oxygens (including phenoxy) is 1. The Morgan fingerprint density at radius 2 is 2.35 bits per heavy atom. The first-order valence-corrected chi connectivity index (χ1v) is 6.73. The topological polar surface area (TPSA) is 77.2 Å². The van der Waals surface area contributed by atoms with Gasteiger partial charge in [0, 0.05) is 15.1 Å². The zero-order valence-corrected chi connectivity index (χ0v) is 12.8.